The highest BCUT2D eigenvalue weighted by molar-refractivity contribution is 8.00. The van der Waals surface area contributed by atoms with Gasteiger partial charge >= 0.3 is 0 Å². The van der Waals surface area contributed by atoms with Gasteiger partial charge in [-0.15, -0.1) is 0 Å². The summed E-state index contributed by atoms with van der Waals surface area (Å²) in [6.07, 6.45) is 0. The van der Waals surface area contributed by atoms with Crippen molar-refractivity contribution < 1.29 is 9.47 Å². The Morgan fingerprint density at radius 2 is 2.05 bits per heavy atom. The largest absolute Gasteiger partial charge is 0.493 e. The van der Waals surface area contributed by atoms with Crippen LogP contribution < -0.4 is 9.47 Å². The maximum Gasteiger partial charge on any atom is 0.179 e. The van der Waals surface area contributed by atoms with Gasteiger partial charge < -0.3 is 9.47 Å². The Balaban J connectivity index is 2.21. The number of hydrogen-bond acceptors (Lipinski definition) is 4. The average Bonchev–Trinajstić information content (AvgIpc) is 2.45. The van der Waals surface area contributed by atoms with Crippen LogP contribution in [-0.4, -0.2) is 42.7 Å². The molecule has 1 heterocycles. The van der Waals surface area contributed by atoms with Crippen molar-refractivity contribution in [1.29, 1.82) is 0 Å². The van der Waals surface area contributed by atoms with Crippen molar-refractivity contribution in [3.8, 4) is 11.5 Å². The van der Waals surface area contributed by atoms with Gasteiger partial charge in [0.15, 0.2) is 11.5 Å². The molecule has 1 aromatic carbocycles. The van der Waals surface area contributed by atoms with Gasteiger partial charge in [-0.2, -0.15) is 11.8 Å². The van der Waals surface area contributed by atoms with Gasteiger partial charge in [0.05, 0.1) is 19.2 Å². The molecule has 2 rings (SSSR count). The zero-order chi connectivity index (χ0) is 14.7. The van der Waals surface area contributed by atoms with Gasteiger partial charge in [0.25, 0.3) is 0 Å². The van der Waals surface area contributed by atoms with Gasteiger partial charge in [0.1, 0.15) is 0 Å². The summed E-state index contributed by atoms with van der Waals surface area (Å²) in [4.78, 5) is 2.48. The molecule has 1 fully saturated rings. The molecule has 1 aromatic rings. The SMILES string of the molecule is COc1ccc(CN2CCS[C@@H](C)[C@H]2C)c(Cl)c1OC. The fourth-order valence-corrected chi connectivity index (χ4v) is 3.95. The maximum absolute atomic E-state index is 6.46. The summed E-state index contributed by atoms with van der Waals surface area (Å²) >= 11 is 8.50. The summed E-state index contributed by atoms with van der Waals surface area (Å²) in [5, 5.41) is 1.31. The standard InChI is InChI=1S/C15H22ClNO2S/c1-10-11(2)20-8-7-17(10)9-12-5-6-13(18-3)15(19-4)14(12)16/h5-6,10-11H,7-9H2,1-4H3/t10-,11+/m1/s1. The number of ether oxygens (including phenoxy) is 2. The first-order chi connectivity index (χ1) is 9.58. The lowest BCUT2D eigenvalue weighted by Gasteiger charge is -2.37. The van der Waals surface area contributed by atoms with Crippen LogP contribution in [-0.2, 0) is 6.54 Å². The molecule has 0 bridgehead atoms. The third kappa shape index (κ3) is 3.18. The fraction of sp³-hybridized carbons (Fsp3) is 0.600. The Morgan fingerprint density at radius 3 is 2.70 bits per heavy atom. The predicted octanol–water partition coefficient (Wildman–Crippen LogP) is 3.68. The van der Waals surface area contributed by atoms with Crippen molar-refractivity contribution in [2.24, 2.45) is 0 Å². The van der Waals surface area contributed by atoms with Crippen LogP contribution in [0, 0.1) is 0 Å². The van der Waals surface area contributed by atoms with E-state index in [1.807, 2.05) is 23.9 Å². The topological polar surface area (TPSA) is 21.7 Å². The van der Waals surface area contributed by atoms with Gasteiger partial charge in [-0.25, -0.2) is 0 Å². The highest BCUT2D eigenvalue weighted by Gasteiger charge is 2.26. The molecule has 3 nitrogen and oxygen atoms in total. The zero-order valence-corrected chi connectivity index (χ0v) is 14.1. The number of hydrogen-bond donors (Lipinski definition) is 0. The molecule has 1 saturated heterocycles. The minimum absolute atomic E-state index is 0.554. The summed E-state index contributed by atoms with van der Waals surface area (Å²) < 4.78 is 10.6. The van der Waals surface area contributed by atoms with Gasteiger partial charge in [-0.05, 0) is 18.6 Å². The number of methoxy groups -OCH3 is 2. The van der Waals surface area contributed by atoms with Crippen molar-refractivity contribution in [2.75, 3.05) is 26.5 Å². The van der Waals surface area contributed by atoms with Crippen LogP contribution in [0.2, 0.25) is 5.02 Å². The third-order valence-electron chi connectivity index (χ3n) is 3.95. The molecule has 1 aliphatic heterocycles. The number of halogens is 1. The molecule has 1 aliphatic rings. The van der Waals surface area contributed by atoms with E-state index in [-0.39, 0.29) is 0 Å². The van der Waals surface area contributed by atoms with Crippen LogP contribution in [0.5, 0.6) is 11.5 Å². The van der Waals surface area contributed by atoms with E-state index in [0.717, 1.165) is 18.7 Å². The first-order valence-electron chi connectivity index (χ1n) is 6.83. The zero-order valence-electron chi connectivity index (χ0n) is 12.5. The van der Waals surface area contributed by atoms with Crippen LogP contribution >= 0.6 is 23.4 Å². The van der Waals surface area contributed by atoms with E-state index in [1.165, 1.54) is 5.75 Å². The normalized spacial score (nSPS) is 23.6. The summed E-state index contributed by atoms with van der Waals surface area (Å²) in [6.45, 7) is 6.52. The minimum Gasteiger partial charge on any atom is -0.493 e. The Bertz CT molecular complexity index is 469. The number of benzene rings is 1. The highest BCUT2D eigenvalue weighted by atomic mass is 35.5. The maximum atomic E-state index is 6.46. The van der Waals surface area contributed by atoms with Crippen molar-refractivity contribution in [3.63, 3.8) is 0 Å². The lowest BCUT2D eigenvalue weighted by atomic mass is 10.1. The molecule has 0 aliphatic carbocycles. The average molecular weight is 316 g/mol. The summed E-state index contributed by atoms with van der Waals surface area (Å²) in [5.74, 6) is 2.48. The van der Waals surface area contributed by atoms with E-state index in [9.17, 15) is 0 Å². The molecule has 0 unspecified atom stereocenters. The van der Waals surface area contributed by atoms with E-state index < -0.39 is 0 Å². The Hall–Kier alpha value is -0.580. The fourth-order valence-electron chi connectivity index (χ4n) is 2.49. The molecular weight excluding hydrogens is 294 g/mol. The van der Waals surface area contributed by atoms with E-state index in [2.05, 4.69) is 18.7 Å². The Labute approximate surface area is 130 Å². The van der Waals surface area contributed by atoms with Gasteiger partial charge in [0, 0.05) is 30.1 Å². The molecule has 0 aromatic heterocycles. The predicted molar refractivity (Wildman–Crippen MR) is 86.3 cm³/mol. The quantitative estimate of drug-likeness (QED) is 0.845. The van der Waals surface area contributed by atoms with Crippen LogP contribution in [0.1, 0.15) is 19.4 Å². The molecule has 5 heteroatoms. The summed E-state index contributed by atoms with van der Waals surface area (Å²) in [7, 11) is 3.25. The number of nitrogens with zero attached hydrogens (tertiary/aromatic N) is 1. The van der Waals surface area contributed by atoms with E-state index in [4.69, 9.17) is 21.1 Å². The Kier molecular flexibility index (Phi) is 5.47. The second-order valence-corrected chi connectivity index (χ2v) is 6.92. The molecule has 0 amide bonds. The second kappa shape index (κ2) is 6.92. The summed E-state index contributed by atoms with van der Waals surface area (Å²) in [5.41, 5.74) is 1.09. The monoisotopic (exact) mass is 315 g/mol. The molecule has 0 spiro atoms. The third-order valence-corrected chi connectivity index (χ3v) is 5.71. The first-order valence-corrected chi connectivity index (χ1v) is 8.26. The molecule has 20 heavy (non-hydrogen) atoms. The molecule has 112 valence electrons. The van der Waals surface area contributed by atoms with Crippen LogP contribution in [0.4, 0.5) is 0 Å². The van der Waals surface area contributed by atoms with E-state index >= 15 is 0 Å². The van der Waals surface area contributed by atoms with Crippen molar-refractivity contribution in [3.05, 3.63) is 22.7 Å². The highest BCUT2D eigenvalue weighted by Crippen LogP contribution is 2.38. The number of thioether (sulfide) groups is 1. The summed E-state index contributed by atoms with van der Waals surface area (Å²) in [6, 6.07) is 4.51. The van der Waals surface area contributed by atoms with Crippen molar-refractivity contribution >= 4 is 23.4 Å². The first kappa shape index (κ1) is 15.8. The molecule has 0 saturated carbocycles. The Morgan fingerprint density at radius 1 is 1.30 bits per heavy atom. The number of rotatable bonds is 4. The smallest absolute Gasteiger partial charge is 0.179 e. The van der Waals surface area contributed by atoms with Crippen LogP contribution in [0.3, 0.4) is 0 Å². The second-order valence-electron chi connectivity index (χ2n) is 5.06. The van der Waals surface area contributed by atoms with E-state index in [1.54, 1.807) is 14.2 Å². The van der Waals surface area contributed by atoms with E-state index in [0.29, 0.717) is 27.8 Å². The lowest BCUT2D eigenvalue weighted by molar-refractivity contribution is 0.204. The van der Waals surface area contributed by atoms with Gasteiger partial charge in [-0.1, -0.05) is 24.6 Å². The van der Waals surface area contributed by atoms with Crippen LogP contribution in [0.15, 0.2) is 12.1 Å². The minimum atomic E-state index is 0.554. The molecule has 2 atom stereocenters. The van der Waals surface area contributed by atoms with Crippen LogP contribution in [0.25, 0.3) is 0 Å². The van der Waals surface area contributed by atoms with Crippen molar-refractivity contribution in [1.82, 2.24) is 4.90 Å². The van der Waals surface area contributed by atoms with Crippen molar-refractivity contribution in [2.45, 2.75) is 31.7 Å². The van der Waals surface area contributed by atoms with Gasteiger partial charge in [0.2, 0.25) is 0 Å². The molecule has 0 radical (unpaired) electrons. The van der Waals surface area contributed by atoms with Gasteiger partial charge in [-0.3, -0.25) is 4.90 Å². The lowest BCUT2D eigenvalue weighted by Crippen LogP contribution is -2.43. The molecule has 0 N–H and O–H groups in total. The molecular formula is C15H22ClNO2S.